The van der Waals surface area contributed by atoms with Gasteiger partial charge >= 0.3 is 6.09 Å². The lowest BCUT2D eigenvalue weighted by molar-refractivity contribution is -0.385. The smallest absolute Gasteiger partial charge is 0.441 e. The molecule has 1 aliphatic rings. The van der Waals surface area contributed by atoms with E-state index in [9.17, 15) is 14.9 Å². The summed E-state index contributed by atoms with van der Waals surface area (Å²) in [6, 6.07) is 1.45. The molecule has 0 unspecified atom stereocenters. The molecule has 120 valence electrons. The topological polar surface area (TPSA) is 94.4 Å². The fourth-order valence-electron chi connectivity index (χ4n) is 2.54. The molecule has 0 radical (unpaired) electrons. The summed E-state index contributed by atoms with van der Waals surface area (Å²) in [6.07, 6.45) is 4.04. The number of aromatic nitrogens is 1. The van der Waals surface area contributed by atoms with Crippen LogP contribution in [0.3, 0.4) is 0 Å². The van der Waals surface area contributed by atoms with Gasteiger partial charge in [0.1, 0.15) is 24.9 Å². The van der Waals surface area contributed by atoms with Crippen molar-refractivity contribution in [2.24, 2.45) is 0 Å². The van der Waals surface area contributed by atoms with Gasteiger partial charge in [-0.2, -0.15) is 10.0 Å². The maximum absolute atomic E-state index is 12.1. The van der Waals surface area contributed by atoms with Crippen molar-refractivity contribution < 1.29 is 14.5 Å². The van der Waals surface area contributed by atoms with E-state index in [1.165, 1.54) is 12.3 Å². The Hall–Kier alpha value is -2.22. The Labute approximate surface area is 128 Å². The van der Waals surface area contributed by atoms with Crippen LogP contribution in [0, 0.1) is 10.1 Å². The summed E-state index contributed by atoms with van der Waals surface area (Å²) in [5.41, 5.74) is 2.75. The number of ether oxygens (including phenoxy) is 1. The van der Waals surface area contributed by atoms with Crippen molar-refractivity contribution in [1.82, 2.24) is 15.0 Å². The van der Waals surface area contributed by atoms with Crippen LogP contribution in [-0.2, 0) is 4.74 Å². The van der Waals surface area contributed by atoms with Gasteiger partial charge in [0.25, 0.3) is 5.69 Å². The molecule has 1 aromatic rings. The first-order chi connectivity index (χ1) is 10.2. The van der Waals surface area contributed by atoms with Crippen LogP contribution in [0.25, 0.3) is 0 Å². The zero-order valence-electron chi connectivity index (χ0n) is 13.0. The van der Waals surface area contributed by atoms with E-state index < -0.39 is 16.6 Å². The number of amides is 1. The first-order valence-corrected chi connectivity index (χ1v) is 7.20. The summed E-state index contributed by atoms with van der Waals surface area (Å²) in [5, 5.41) is 10.9. The Morgan fingerprint density at radius 3 is 2.55 bits per heavy atom. The fourth-order valence-corrected chi connectivity index (χ4v) is 2.54. The maximum Gasteiger partial charge on any atom is 0.452 e. The van der Waals surface area contributed by atoms with E-state index in [1.54, 1.807) is 27.0 Å². The monoisotopic (exact) mass is 309 g/mol. The molecule has 1 aromatic heterocycles. The minimum Gasteiger partial charge on any atom is -0.441 e. The normalized spacial score (nSPS) is 17.0. The van der Waals surface area contributed by atoms with Crippen LogP contribution >= 0.6 is 0 Å². The lowest BCUT2D eigenvalue weighted by Crippen LogP contribution is -2.60. The van der Waals surface area contributed by atoms with Gasteiger partial charge in [-0.1, -0.05) is 0 Å². The summed E-state index contributed by atoms with van der Waals surface area (Å²) in [6.45, 7) is 6.67. The predicted molar refractivity (Wildman–Crippen MR) is 81.0 cm³/mol. The molecule has 0 atom stereocenters. The highest BCUT2D eigenvalue weighted by molar-refractivity contribution is 5.69. The molecule has 2 rings (SSSR count). The summed E-state index contributed by atoms with van der Waals surface area (Å²) in [4.78, 5) is 26.5. The first kappa shape index (κ1) is 16.2. The minimum atomic E-state index is -0.602. The third kappa shape index (κ3) is 3.70. The van der Waals surface area contributed by atoms with E-state index in [0.29, 0.717) is 18.8 Å². The van der Waals surface area contributed by atoms with Crippen molar-refractivity contribution in [3.63, 3.8) is 0 Å². The average Bonchev–Trinajstić information content (AvgIpc) is 2.86. The summed E-state index contributed by atoms with van der Waals surface area (Å²) < 4.78 is 5.43. The second-order valence-corrected chi connectivity index (χ2v) is 6.39. The van der Waals surface area contributed by atoms with Crippen LogP contribution < -0.4 is 10.0 Å². The van der Waals surface area contributed by atoms with Crippen LogP contribution in [-0.4, -0.2) is 34.7 Å². The van der Waals surface area contributed by atoms with Crippen molar-refractivity contribution in [3.05, 3.63) is 28.6 Å². The molecule has 1 fully saturated rings. The largest absolute Gasteiger partial charge is 0.452 e. The molecule has 0 saturated carbocycles. The molecular weight excluding hydrogens is 288 g/mol. The lowest BCUT2D eigenvalue weighted by Gasteiger charge is -2.33. The highest BCUT2D eigenvalue weighted by atomic mass is 16.6. The van der Waals surface area contributed by atoms with Crippen LogP contribution in [0.2, 0.25) is 0 Å². The van der Waals surface area contributed by atoms with Gasteiger partial charge in [0.05, 0.1) is 17.2 Å². The van der Waals surface area contributed by atoms with E-state index in [0.717, 1.165) is 12.8 Å². The molecular formula is C14H21N4O4+. The molecule has 0 bridgehead atoms. The summed E-state index contributed by atoms with van der Waals surface area (Å²) in [7, 11) is 0. The van der Waals surface area contributed by atoms with Crippen LogP contribution in [0.15, 0.2) is 18.5 Å². The number of carbonyl (C=O) groups is 1. The Bertz CT molecular complexity index is 576. The van der Waals surface area contributed by atoms with Gasteiger partial charge < -0.3 is 4.74 Å². The fraction of sp³-hybridized carbons (Fsp3) is 0.571. The quantitative estimate of drug-likeness (QED) is 0.526. The molecule has 2 heterocycles. The third-order valence-corrected chi connectivity index (χ3v) is 3.45. The van der Waals surface area contributed by atoms with E-state index in [-0.39, 0.29) is 10.3 Å². The average molecular weight is 309 g/mol. The molecule has 8 heteroatoms. The van der Waals surface area contributed by atoms with Crippen molar-refractivity contribution in [2.75, 3.05) is 13.1 Å². The molecule has 22 heavy (non-hydrogen) atoms. The first-order valence-electron chi connectivity index (χ1n) is 7.20. The molecule has 0 spiro atoms. The number of quaternary nitrogens is 1. The second kappa shape index (κ2) is 5.88. The number of carbonyl (C=O) groups excluding carboxylic acids is 1. The number of nitrogens with one attached hydrogen (secondary N) is 1. The molecule has 8 nitrogen and oxygen atoms in total. The number of nitrogens with zero attached hydrogens (tertiary/aromatic N) is 3. The molecule has 1 N–H and O–H groups in total. The van der Waals surface area contributed by atoms with Crippen molar-refractivity contribution >= 4 is 17.5 Å². The van der Waals surface area contributed by atoms with E-state index in [4.69, 9.17) is 4.74 Å². The predicted octanol–water partition coefficient (Wildman–Crippen LogP) is 2.53. The zero-order chi connectivity index (χ0) is 16.4. The Balaban J connectivity index is 2.27. The van der Waals surface area contributed by atoms with Gasteiger partial charge in [-0.05, 0) is 20.8 Å². The SMILES string of the molecule is CC(C)(C)OC(=O)N[N+]1(c2cncc([N+](=O)[O-])c2)CCCC1. The van der Waals surface area contributed by atoms with Crippen molar-refractivity contribution in [3.8, 4) is 0 Å². The van der Waals surface area contributed by atoms with E-state index >= 15 is 0 Å². The van der Waals surface area contributed by atoms with Crippen molar-refractivity contribution in [1.29, 1.82) is 0 Å². The van der Waals surface area contributed by atoms with Gasteiger partial charge in [-0.15, -0.1) is 0 Å². The highest BCUT2D eigenvalue weighted by Crippen LogP contribution is 2.29. The number of rotatable bonds is 3. The lowest BCUT2D eigenvalue weighted by atomic mass is 10.2. The number of pyridine rings is 1. The van der Waals surface area contributed by atoms with Crippen LogP contribution in [0.5, 0.6) is 0 Å². The van der Waals surface area contributed by atoms with Crippen LogP contribution in [0.1, 0.15) is 33.6 Å². The Kier molecular flexibility index (Phi) is 4.32. The van der Waals surface area contributed by atoms with Gasteiger partial charge in [0.2, 0.25) is 0 Å². The molecule has 0 aliphatic carbocycles. The molecule has 0 aromatic carbocycles. The van der Waals surface area contributed by atoms with Gasteiger partial charge in [-0.3, -0.25) is 15.1 Å². The number of hydrogen-bond donors (Lipinski definition) is 1. The standard InChI is InChI=1S/C14H20N4O4/c1-14(2,3)22-13(19)16-18(6-4-5-7-18)12-8-11(17(20)21)9-15-10-12/h8-10H,4-7H2,1-3H3/p+1. The van der Waals surface area contributed by atoms with E-state index in [2.05, 4.69) is 10.4 Å². The maximum atomic E-state index is 12.1. The van der Waals surface area contributed by atoms with Crippen LogP contribution in [0.4, 0.5) is 16.2 Å². The third-order valence-electron chi connectivity index (χ3n) is 3.45. The Morgan fingerprint density at radius 2 is 2.00 bits per heavy atom. The molecule has 1 aliphatic heterocycles. The van der Waals surface area contributed by atoms with Gasteiger partial charge in [0, 0.05) is 12.8 Å². The Morgan fingerprint density at radius 1 is 1.36 bits per heavy atom. The van der Waals surface area contributed by atoms with Gasteiger partial charge in [-0.25, -0.2) is 4.79 Å². The summed E-state index contributed by atoms with van der Waals surface area (Å²) >= 11 is 0. The zero-order valence-corrected chi connectivity index (χ0v) is 13.0. The molecule has 1 amide bonds. The van der Waals surface area contributed by atoms with Crippen molar-refractivity contribution in [2.45, 2.75) is 39.2 Å². The highest BCUT2D eigenvalue weighted by Gasteiger charge is 2.39. The minimum absolute atomic E-state index is 0.0899. The molecule has 1 saturated heterocycles. The summed E-state index contributed by atoms with van der Waals surface area (Å²) in [5.74, 6) is 0. The second-order valence-electron chi connectivity index (χ2n) is 6.39. The number of nitro groups is 1. The number of hydrogen-bond acceptors (Lipinski definition) is 5. The van der Waals surface area contributed by atoms with E-state index in [1.807, 2.05) is 0 Å². The van der Waals surface area contributed by atoms with Gasteiger partial charge in [0.15, 0.2) is 5.69 Å².